The Balaban J connectivity index is 1.66. The van der Waals surface area contributed by atoms with Crippen LogP contribution in [0.4, 0.5) is 5.69 Å². The summed E-state index contributed by atoms with van der Waals surface area (Å²) in [7, 11) is 0. The van der Waals surface area contributed by atoms with E-state index in [2.05, 4.69) is 22.8 Å². The Morgan fingerprint density at radius 1 is 0.806 bits per heavy atom. The van der Waals surface area contributed by atoms with E-state index < -0.39 is 0 Å². The molecule has 0 atom stereocenters. The van der Waals surface area contributed by atoms with Gasteiger partial charge in [0.25, 0.3) is 11.8 Å². The molecule has 5 nitrogen and oxygen atoms in total. The minimum absolute atomic E-state index is 0.177. The molecule has 0 aromatic heterocycles. The predicted octanol–water partition coefficient (Wildman–Crippen LogP) is 5.57. The van der Waals surface area contributed by atoms with Gasteiger partial charge >= 0.3 is 0 Å². The van der Waals surface area contributed by atoms with Crippen LogP contribution in [0.5, 0.6) is 0 Å². The van der Waals surface area contributed by atoms with Crippen molar-refractivity contribution in [2.24, 2.45) is 5.10 Å². The summed E-state index contributed by atoms with van der Waals surface area (Å²) >= 11 is 0. The number of hydrazone groups is 1. The predicted molar refractivity (Wildman–Crippen MR) is 126 cm³/mol. The highest BCUT2D eigenvalue weighted by atomic mass is 16.2. The smallest absolute Gasteiger partial charge is 0.271 e. The molecule has 0 spiro atoms. The molecular weight excluding hydrogens is 386 g/mol. The molecule has 3 rings (SSSR count). The van der Waals surface area contributed by atoms with E-state index in [0.717, 1.165) is 36.1 Å². The van der Waals surface area contributed by atoms with E-state index >= 15 is 0 Å². The Hall–Kier alpha value is -3.73. The van der Waals surface area contributed by atoms with Gasteiger partial charge in [0.15, 0.2) is 0 Å². The van der Waals surface area contributed by atoms with Crippen LogP contribution >= 0.6 is 0 Å². The summed E-state index contributed by atoms with van der Waals surface area (Å²) in [6, 6.07) is 24.0. The Morgan fingerprint density at radius 3 is 2.16 bits per heavy atom. The van der Waals surface area contributed by atoms with Gasteiger partial charge in [-0.1, -0.05) is 61.9 Å². The zero-order chi connectivity index (χ0) is 22.1. The highest BCUT2D eigenvalue weighted by molar-refractivity contribution is 6.05. The molecule has 0 unspecified atom stereocenters. The Morgan fingerprint density at radius 2 is 1.48 bits per heavy atom. The largest absolute Gasteiger partial charge is 0.322 e. The summed E-state index contributed by atoms with van der Waals surface area (Å²) in [5.41, 5.74) is 7.16. The van der Waals surface area contributed by atoms with Crippen molar-refractivity contribution in [3.8, 4) is 0 Å². The van der Waals surface area contributed by atoms with Crippen molar-refractivity contribution in [2.45, 2.75) is 33.1 Å². The van der Waals surface area contributed by atoms with Crippen LogP contribution in [0.15, 0.2) is 84.0 Å². The molecule has 158 valence electrons. The summed E-state index contributed by atoms with van der Waals surface area (Å²) < 4.78 is 0. The van der Waals surface area contributed by atoms with Gasteiger partial charge in [-0.25, -0.2) is 5.43 Å². The molecule has 0 aliphatic rings. The summed E-state index contributed by atoms with van der Waals surface area (Å²) in [6.45, 7) is 4.02. The minimum Gasteiger partial charge on any atom is -0.322 e. The first-order valence-electron chi connectivity index (χ1n) is 10.5. The molecule has 0 aliphatic carbocycles. The highest BCUT2D eigenvalue weighted by Gasteiger charge is 2.10. The molecule has 31 heavy (non-hydrogen) atoms. The van der Waals surface area contributed by atoms with Crippen LogP contribution in [0.3, 0.4) is 0 Å². The normalized spacial score (nSPS) is 11.1. The molecule has 0 fully saturated rings. The van der Waals surface area contributed by atoms with Crippen LogP contribution in [-0.2, 0) is 0 Å². The Bertz CT molecular complexity index is 1060. The lowest BCUT2D eigenvalue weighted by Gasteiger charge is -2.09. The van der Waals surface area contributed by atoms with Gasteiger partial charge in [-0.05, 0) is 61.2 Å². The molecule has 2 N–H and O–H groups in total. The van der Waals surface area contributed by atoms with Gasteiger partial charge in [0.1, 0.15) is 0 Å². The fourth-order valence-electron chi connectivity index (χ4n) is 3.15. The number of unbranched alkanes of at least 4 members (excludes halogenated alkanes) is 1. The van der Waals surface area contributed by atoms with Gasteiger partial charge in [0.05, 0.1) is 5.71 Å². The van der Waals surface area contributed by atoms with E-state index in [1.54, 1.807) is 30.3 Å². The van der Waals surface area contributed by atoms with E-state index in [9.17, 15) is 9.59 Å². The third-order valence-electron chi connectivity index (χ3n) is 4.96. The minimum atomic E-state index is -0.290. The number of hydrogen-bond donors (Lipinski definition) is 2. The van der Waals surface area contributed by atoms with Gasteiger partial charge in [-0.3, -0.25) is 9.59 Å². The maximum Gasteiger partial charge on any atom is 0.271 e. The first kappa shape index (κ1) is 22.0. The van der Waals surface area contributed by atoms with Crippen molar-refractivity contribution in [3.63, 3.8) is 0 Å². The van der Waals surface area contributed by atoms with Crippen LogP contribution < -0.4 is 10.7 Å². The van der Waals surface area contributed by atoms with Crippen LogP contribution in [0.1, 0.15) is 58.0 Å². The molecule has 0 heterocycles. The van der Waals surface area contributed by atoms with Crippen molar-refractivity contribution in [1.82, 2.24) is 5.43 Å². The monoisotopic (exact) mass is 413 g/mol. The van der Waals surface area contributed by atoms with Crippen LogP contribution in [0.25, 0.3) is 0 Å². The summed E-state index contributed by atoms with van der Waals surface area (Å²) in [5, 5.41) is 7.24. The zero-order valence-electron chi connectivity index (χ0n) is 17.9. The SMILES string of the molecule is CCCCC(=NNC(=O)c1ccc(NC(=O)c2ccccc2C)cc1)c1ccccc1. The second-order valence-corrected chi connectivity index (χ2v) is 7.32. The highest BCUT2D eigenvalue weighted by Crippen LogP contribution is 2.14. The molecule has 3 aromatic carbocycles. The lowest BCUT2D eigenvalue weighted by atomic mass is 10.1. The van der Waals surface area contributed by atoms with Gasteiger partial charge in [0.2, 0.25) is 0 Å². The molecule has 5 heteroatoms. The zero-order valence-corrected chi connectivity index (χ0v) is 17.9. The van der Waals surface area contributed by atoms with E-state index in [1.807, 2.05) is 55.5 Å². The number of anilines is 1. The number of nitrogens with zero attached hydrogens (tertiary/aromatic N) is 1. The maximum atomic E-state index is 12.5. The van der Waals surface area contributed by atoms with Gasteiger partial charge in [-0.15, -0.1) is 0 Å². The topological polar surface area (TPSA) is 70.6 Å². The van der Waals surface area contributed by atoms with E-state index in [4.69, 9.17) is 0 Å². The average molecular weight is 414 g/mol. The summed E-state index contributed by atoms with van der Waals surface area (Å²) in [4.78, 5) is 25.0. The van der Waals surface area contributed by atoms with Crippen LogP contribution in [0, 0.1) is 6.92 Å². The summed E-state index contributed by atoms with van der Waals surface area (Å²) in [5.74, 6) is -0.468. The molecular formula is C26H27N3O2. The maximum absolute atomic E-state index is 12.5. The number of amides is 2. The molecule has 0 saturated carbocycles. The molecule has 0 aliphatic heterocycles. The first-order chi connectivity index (χ1) is 15.1. The molecule has 0 radical (unpaired) electrons. The molecule has 0 saturated heterocycles. The van der Waals surface area contributed by atoms with E-state index in [-0.39, 0.29) is 11.8 Å². The molecule has 2 amide bonds. The fourth-order valence-corrected chi connectivity index (χ4v) is 3.15. The average Bonchev–Trinajstić information content (AvgIpc) is 2.80. The molecule has 0 bridgehead atoms. The number of carbonyl (C=O) groups excluding carboxylic acids is 2. The quantitative estimate of drug-likeness (QED) is 0.374. The lowest BCUT2D eigenvalue weighted by Crippen LogP contribution is -2.20. The fraction of sp³-hybridized carbons (Fsp3) is 0.192. The number of carbonyl (C=O) groups is 2. The first-order valence-corrected chi connectivity index (χ1v) is 10.5. The Labute approximate surface area is 183 Å². The number of nitrogens with one attached hydrogen (secondary N) is 2. The van der Waals surface area contributed by atoms with Crippen molar-refractivity contribution in [2.75, 3.05) is 5.32 Å². The van der Waals surface area contributed by atoms with Crippen molar-refractivity contribution >= 4 is 23.2 Å². The third kappa shape index (κ3) is 6.12. The van der Waals surface area contributed by atoms with Gasteiger partial charge in [-0.2, -0.15) is 5.10 Å². The number of rotatable bonds is 8. The van der Waals surface area contributed by atoms with Crippen LogP contribution in [0.2, 0.25) is 0 Å². The second-order valence-electron chi connectivity index (χ2n) is 7.32. The van der Waals surface area contributed by atoms with Crippen molar-refractivity contribution in [1.29, 1.82) is 0 Å². The lowest BCUT2D eigenvalue weighted by molar-refractivity contribution is 0.0954. The van der Waals surface area contributed by atoms with E-state index in [1.165, 1.54) is 0 Å². The standard InChI is InChI=1S/C26H27N3O2/c1-3-4-14-24(20-11-6-5-7-12-20)28-29-25(30)21-15-17-22(18-16-21)27-26(31)23-13-9-8-10-19(23)2/h5-13,15-18H,3-4,14H2,1-2H3,(H,27,31)(H,29,30). The van der Waals surface area contributed by atoms with E-state index in [0.29, 0.717) is 16.8 Å². The van der Waals surface area contributed by atoms with Gasteiger partial charge in [0, 0.05) is 16.8 Å². The molecule has 3 aromatic rings. The third-order valence-corrected chi connectivity index (χ3v) is 4.96. The number of hydrogen-bond acceptors (Lipinski definition) is 3. The summed E-state index contributed by atoms with van der Waals surface area (Å²) in [6.07, 6.45) is 2.85. The van der Waals surface area contributed by atoms with Crippen LogP contribution in [-0.4, -0.2) is 17.5 Å². The van der Waals surface area contributed by atoms with Gasteiger partial charge < -0.3 is 5.32 Å². The number of aryl methyl sites for hydroxylation is 1. The number of benzene rings is 3. The second kappa shape index (κ2) is 10.9. The van der Waals surface area contributed by atoms with Crippen molar-refractivity contribution in [3.05, 3.63) is 101 Å². The van der Waals surface area contributed by atoms with Crippen molar-refractivity contribution < 1.29 is 9.59 Å². The Kier molecular flexibility index (Phi) is 7.71.